The molecule has 3 aliphatic rings. The van der Waals surface area contributed by atoms with Crippen LogP contribution in [-0.2, 0) is 27.6 Å². The van der Waals surface area contributed by atoms with E-state index in [1.807, 2.05) is 28.0 Å². The summed E-state index contributed by atoms with van der Waals surface area (Å²) in [6, 6.07) is 7.29. The number of benzene rings is 3. The van der Waals surface area contributed by atoms with Gasteiger partial charge in [-0.05, 0) is 93.9 Å². The quantitative estimate of drug-likeness (QED) is 0.0437. The van der Waals surface area contributed by atoms with E-state index in [-0.39, 0.29) is 70.4 Å². The zero-order chi connectivity index (χ0) is 57.1. The van der Waals surface area contributed by atoms with Crippen LogP contribution in [0.2, 0.25) is 0 Å². The third-order valence-corrected chi connectivity index (χ3v) is 16.3. The average Bonchev–Trinajstić information content (AvgIpc) is 4.20. The van der Waals surface area contributed by atoms with Gasteiger partial charge >= 0.3 is 17.9 Å². The van der Waals surface area contributed by atoms with Crippen LogP contribution < -0.4 is 37.8 Å². The molecule has 0 bridgehead atoms. The first-order chi connectivity index (χ1) is 38.2. The standard InChI is InChI=1S/C53H52F7N13O6S/c1-24(31-9-5-18-72(31)21-17-64-35(75)23-71-19-14-25(15-20-71)26-6-3-8-32-43(26)73(52(78)70(32)2)33-12-13-34(74)66-50(33)77)79-51-68-42-38(49(69-51)67-41(46(56)57)28-7-4-16-65-47(28)62)44(76)39(53(58,59)60)37(40(42)55)27-10-11-30(54)45-36(27)29(22-61)48(63)80-45/h3-4,6-8,10-11,16,24-25,31,33,41,46,76H,5,9,12-15,17-21,23,63H2,1-2H3,(H2,62,65)(H,64,75)(H,66,74,77)(H,67,68,69)/t24-,31+,33?,41-/m0/s1. The first-order valence-corrected chi connectivity index (χ1v) is 26.4. The maximum atomic E-state index is 17.5. The Kier molecular flexibility index (Phi) is 15.1. The molecule has 0 aliphatic carbocycles. The van der Waals surface area contributed by atoms with Crippen molar-refractivity contribution in [3.05, 3.63) is 93.0 Å². The van der Waals surface area contributed by atoms with Gasteiger partial charge in [-0.2, -0.15) is 28.4 Å². The molecule has 19 nitrogen and oxygen atoms in total. The van der Waals surface area contributed by atoms with Crippen LogP contribution in [-0.4, -0.2) is 115 Å². The SMILES string of the molecule is C[C@H](Oc1nc(N[C@@H](c2cccnc2N)C(F)F)c2c(O)c(C(F)(F)F)c(-c3ccc(F)c4sc(N)c(C#N)c34)c(F)c2n1)[C@H]1CCCN1CCNC(=O)CN1CCC(c2cccc3c2n(C2CCC(=O)NC2=O)c(=O)n3C)CC1. The largest absolute Gasteiger partial charge is 0.506 e. The first kappa shape index (κ1) is 55.2. The molecule has 27 heteroatoms. The van der Waals surface area contributed by atoms with Gasteiger partial charge in [0.05, 0.1) is 33.2 Å². The number of hydrogen-bond acceptors (Lipinski definition) is 16. The summed E-state index contributed by atoms with van der Waals surface area (Å²) in [4.78, 5) is 68.0. The molecule has 4 aromatic heterocycles. The van der Waals surface area contributed by atoms with Crippen molar-refractivity contribution < 1.29 is 55.0 Å². The van der Waals surface area contributed by atoms with Gasteiger partial charge in [0, 0.05) is 55.3 Å². The van der Waals surface area contributed by atoms with Gasteiger partial charge in [-0.25, -0.2) is 27.3 Å². The van der Waals surface area contributed by atoms with Crippen LogP contribution in [0.5, 0.6) is 11.8 Å². The third kappa shape index (κ3) is 10.1. The number of phenolic OH excluding ortho intramolecular Hbond substituents is 1. The number of hydrogen-bond donors (Lipinski definition) is 6. The number of anilines is 3. The van der Waals surface area contributed by atoms with Gasteiger partial charge in [-0.1, -0.05) is 24.3 Å². The molecule has 3 fully saturated rings. The van der Waals surface area contributed by atoms with Crippen molar-refractivity contribution >= 4 is 77.7 Å². The number of alkyl halides is 5. The molecule has 0 spiro atoms. The van der Waals surface area contributed by atoms with Crippen molar-refractivity contribution in [2.75, 3.05) is 56.1 Å². The molecule has 3 saturated heterocycles. The molecule has 10 rings (SSSR count). The number of halogens is 7. The van der Waals surface area contributed by atoms with Gasteiger partial charge in [0.15, 0.2) is 5.82 Å². The fourth-order valence-corrected chi connectivity index (χ4v) is 12.5. The van der Waals surface area contributed by atoms with Crippen LogP contribution in [0.15, 0.2) is 53.5 Å². The lowest BCUT2D eigenvalue weighted by atomic mass is 9.88. The average molecular weight is 1130 g/mol. The second-order valence-corrected chi connectivity index (χ2v) is 21.1. The molecular weight excluding hydrogens is 1080 g/mol. The lowest BCUT2D eigenvalue weighted by Gasteiger charge is -2.32. The fraction of sp³-hybridized carbons (Fsp3) is 0.396. The number of pyridine rings is 1. The van der Waals surface area contributed by atoms with Crippen molar-refractivity contribution in [2.24, 2.45) is 7.05 Å². The van der Waals surface area contributed by atoms with Gasteiger partial charge in [0.25, 0.3) is 6.43 Å². The van der Waals surface area contributed by atoms with E-state index in [1.165, 1.54) is 27.5 Å². The summed E-state index contributed by atoms with van der Waals surface area (Å²) in [6.45, 7) is 3.97. The molecule has 3 amide bonds. The zero-order valence-electron chi connectivity index (χ0n) is 42.8. The number of aromatic nitrogens is 5. The normalized spacial score (nSPS) is 18.5. The topological polar surface area (TPSA) is 265 Å². The lowest BCUT2D eigenvalue weighted by Crippen LogP contribution is -2.46. The third-order valence-electron chi connectivity index (χ3n) is 15.3. The Morgan fingerprint density at radius 1 is 1.02 bits per heavy atom. The Balaban J connectivity index is 0.872. The molecule has 1 unspecified atom stereocenters. The minimum Gasteiger partial charge on any atom is -0.506 e. The van der Waals surface area contributed by atoms with Crippen LogP contribution in [0.25, 0.3) is 43.1 Å². The number of nitrogens with two attached hydrogens (primary N) is 2. The van der Waals surface area contributed by atoms with Gasteiger partial charge in [0.1, 0.15) is 63.5 Å². The van der Waals surface area contributed by atoms with E-state index in [2.05, 4.69) is 30.9 Å². The number of amides is 3. The van der Waals surface area contributed by atoms with Crippen molar-refractivity contribution in [2.45, 2.75) is 88.2 Å². The molecule has 0 saturated carbocycles. The van der Waals surface area contributed by atoms with E-state index in [1.54, 1.807) is 20.0 Å². The van der Waals surface area contributed by atoms with E-state index in [4.69, 9.17) is 16.2 Å². The van der Waals surface area contributed by atoms with Gasteiger partial charge in [0.2, 0.25) is 17.7 Å². The highest BCUT2D eigenvalue weighted by Crippen LogP contribution is 2.52. The zero-order valence-corrected chi connectivity index (χ0v) is 43.7. The number of aromatic hydroxyl groups is 1. The molecule has 80 heavy (non-hydrogen) atoms. The van der Waals surface area contributed by atoms with E-state index in [0.29, 0.717) is 74.2 Å². The van der Waals surface area contributed by atoms with Gasteiger partial charge < -0.3 is 31.9 Å². The predicted octanol–water partition coefficient (Wildman–Crippen LogP) is 7.22. The number of nitrogens with one attached hydrogen (secondary N) is 3. The number of nitriles is 1. The van der Waals surface area contributed by atoms with Crippen LogP contribution in [0, 0.1) is 23.0 Å². The highest BCUT2D eigenvalue weighted by molar-refractivity contribution is 7.23. The van der Waals surface area contributed by atoms with E-state index >= 15 is 30.7 Å². The van der Waals surface area contributed by atoms with Crippen molar-refractivity contribution in [3.8, 4) is 29.0 Å². The predicted molar refractivity (Wildman–Crippen MR) is 282 cm³/mol. The number of rotatable bonds is 15. The van der Waals surface area contributed by atoms with E-state index < -0.39 is 110 Å². The highest BCUT2D eigenvalue weighted by atomic mass is 32.1. The number of para-hydroxylation sites is 1. The number of piperidine rings is 2. The molecule has 0 radical (unpaired) electrons. The number of thiophene rings is 1. The number of fused-ring (bicyclic) bond motifs is 3. The summed E-state index contributed by atoms with van der Waals surface area (Å²) in [7, 11) is 1.65. The molecule has 3 aromatic carbocycles. The van der Waals surface area contributed by atoms with Crippen LogP contribution in [0.1, 0.15) is 85.7 Å². The molecule has 8 N–H and O–H groups in total. The molecule has 4 atom stereocenters. The van der Waals surface area contributed by atoms with Crippen molar-refractivity contribution in [1.29, 1.82) is 5.26 Å². The monoisotopic (exact) mass is 1130 g/mol. The van der Waals surface area contributed by atoms with Crippen LogP contribution >= 0.6 is 11.3 Å². The number of carbonyl (C=O) groups is 3. The second-order valence-electron chi connectivity index (χ2n) is 20.0. The van der Waals surface area contributed by atoms with Crippen LogP contribution in [0.4, 0.5) is 47.4 Å². The number of carbonyl (C=O) groups excluding carboxylic acids is 3. The summed E-state index contributed by atoms with van der Waals surface area (Å²) in [5.41, 5.74) is 7.99. The fourth-order valence-electron chi connectivity index (χ4n) is 11.5. The Morgan fingerprint density at radius 2 is 1.79 bits per heavy atom. The number of imidazole rings is 1. The Morgan fingerprint density at radius 3 is 2.49 bits per heavy atom. The van der Waals surface area contributed by atoms with Gasteiger partial charge in [-0.3, -0.25) is 38.6 Å². The second kappa shape index (κ2) is 21.9. The molecule has 7 aromatic rings. The molecular formula is C53H52F7N13O6S. The number of likely N-dealkylation sites (tertiary alicyclic amines) is 2. The lowest BCUT2D eigenvalue weighted by molar-refractivity contribution is -0.138. The number of ether oxygens (including phenoxy) is 1. The minimum atomic E-state index is -5.58. The summed E-state index contributed by atoms with van der Waals surface area (Å²) < 4.78 is 118. The summed E-state index contributed by atoms with van der Waals surface area (Å²) in [6.07, 6.45) is -5.72. The highest BCUT2D eigenvalue weighted by Gasteiger charge is 2.43. The number of aryl methyl sites for hydroxylation is 1. The number of nitrogen functional groups attached to an aromatic ring is 2. The molecule has 420 valence electrons. The smallest absolute Gasteiger partial charge is 0.420 e. The molecule has 3 aliphatic heterocycles. The maximum absolute atomic E-state index is 17.5. The maximum Gasteiger partial charge on any atom is 0.420 e. The number of nitrogens with zero attached hydrogens (tertiary/aromatic N) is 8. The Hall–Kier alpha value is -8.09. The van der Waals surface area contributed by atoms with Gasteiger partial charge in [-0.15, -0.1) is 11.3 Å². The van der Waals surface area contributed by atoms with E-state index in [9.17, 15) is 29.5 Å². The number of phenols is 1. The molecule has 7 heterocycles. The summed E-state index contributed by atoms with van der Waals surface area (Å²) in [5, 5.41) is 27.5. The Labute approximate surface area is 454 Å². The van der Waals surface area contributed by atoms with Crippen LogP contribution in [0.3, 0.4) is 0 Å². The summed E-state index contributed by atoms with van der Waals surface area (Å²) >= 11 is 0.539. The minimum absolute atomic E-state index is 0.0167. The van der Waals surface area contributed by atoms with E-state index in [0.717, 1.165) is 17.7 Å². The number of imide groups is 1. The van der Waals surface area contributed by atoms with Crippen molar-refractivity contribution in [3.63, 3.8) is 0 Å². The first-order valence-electron chi connectivity index (χ1n) is 25.6. The van der Waals surface area contributed by atoms with Crippen molar-refractivity contribution in [1.82, 2.24) is 44.5 Å². The Bertz CT molecular complexity index is 3720. The summed E-state index contributed by atoms with van der Waals surface area (Å²) in [5.74, 6) is -6.82.